The van der Waals surface area contributed by atoms with E-state index in [9.17, 15) is 14.4 Å². The smallest absolute Gasteiger partial charge is 0.356 e. The molecule has 0 fully saturated rings. The largest absolute Gasteiger partial charge is 0.465 e. The topological polar surface area (TPSA) is 99.5 Å². The number of thiophene rings is 1. The van der Waals surface area contributed by atoms with Crippen LogP contribution in [0.2, 0.25) is 5.02 Å². The van der Waals surface area contributed by atoms with Gasteiger partial charge in [0, 0.05) is 28.9 Å². The Hall–Kier alpha value is -2.91. The lowest BCUT2D eigenvalue weighted by atomic mass is 10.2. The molecular formula is C18H16ClN3O5S. The van der Waals surface area contributed by atoms with Crippen molar-refractivity contribution in [2.75, 3.05) is 19.0 Å². The molecule has 3 aromatic rings. The summed E-state index contributed by atoms with van der Waals surface area (Å²) in [6.07, 6.45) is 0. The quantitative estimate of drug-likeness (QED) is 0.633. The van der Waals surface area contributed by atoms with Crippen molar-refractivity contribution in [1.82, 2.24) is 9.78 Å². The first-order valence-corrected chi connectivity index (χ1v) is 9.38. The Morgan fingerprint density at radius 3 is 2.68 bits per heavy atom. The van der Waals surface area contributed by atoms with Gasteiger partial charge in [-0.25, -0.2) is 9.59 Å². The zero-order valence-electron chi connectivity index (χ0n) is 15.2. The molecule has 146 valence electrons. The molecule has 0 aliphatic heterocycles. The van der Waals surface area contributed by atoms with Gasteiger partial charge in [-0.1, -0.05) is 11.6 Å². The number of hydrogen-bond donors (Lipinski definition) is 1. The molecule has 8 nitrogen and oxygen atoms in total. The van der Waals surface area contributed by atoms with Gasteiger partial charge in [-0.05, 0) is 25.1 Å². The van der Waals surface area contributed by atoms with E-state index in [-0.39, 0.29) is 18.0 Å². The zero-order chi connectivity index (χ0) is 20.4. The minimum Gasteiger partial charge on any atom is -0.465 e. The van der Waals surface area contributed by atoms with E-state index >= 15 is 0 Å². The number of carbonyl (C=O) groups is 3. The number of hydrogen-bond acceptors (Lipinski definition) is 7. The maximum Gasteiger partial charge on any atom is 0.356 e. The Balaban J connectivity index is 1.84. The molecule has 0 saturated carbocycles. The number of nitrogens with zero attached hydrogens (tertiary/aromatic N) is 2. The van der Waals surface area contributed by atoms with Crippen LogP contribution in [0.3, 0.4) is 0 Å². The molecule has 10 heteroatoms. The second-order valence-electron chi connectivity index (χ2n) is 5.66. The van der Waals surface area contributed by atoms with Crippen molar-refractivity contribution >= 4 is 56.6 Å². The number of aryl methyl sites for hydroxylation is 1. The lowest BCUT2D eigenvalue weighted by Gasteiger charge is -2.03. The van der Waals surface area contributed by atoms with Crippen molar-refractivity contribution in [3.05, 3.63) is 45.6 Å². The summed E-state index contributed by atoms with van der Waals surface area (Å²) in [7, 11) is 2.84. The molecule has 0 atom stereocenters. The van der Waals surface area contributed by atoms with E-state index in [1.54, 1.807) is 32.2 Å². The number of carbonyl (C=O) groups excluding carboxylic acids is 3. The van der Waals surface area contributed by atoms with Crippen LogP contribution in [0.25, 0.3) is 10.1 Å². The Bertz CT molecular complexity index is 1090. The number of methoxy groups -OCH3 is 1. The predicted octanol–water partition coefficient (Wildman–Crippen LogP) is 3.50. The second-order valence-corrected chi connectivity index (χ2v) is 7.09. The van der Waals surface area contributed by atoms with Gasteiger partial charge in [-0.3, -0.25) is 9.48 Å². The number of aromatic nitrogens is 2. The third-order valence-electron chi connectivity index (χ3n) is 3.86. The Morgan fingerprint density at radius 2 is 2.00 bits per heavy atom. The Kier molecular flexibility index (Phi) is 5.66. The predicted molar refractivity (Wildman–Crippen MR) is 105 cm³/mol. The van der Waals surface area contributed by atoms with Crippen molar-refractivity contribution in [3.63, 3.8) is 0 Å². The molecule has 0 aliphatic rings. The van der Waals surface area contributed by atoms with E-state index in [0.29, 0.717) is 21.0 Å². The third-order valence-corrected chi connectivity index (χ3v) is 5.49. The average Bonchev–Trinajstić information content (AvgIpc) is 3.21. The number of anilines is 1. The molecule has 0 spiro atoms. The SMILES string of the molecule is CCOC(=O)c1cc(C(=O)Nc2ccc3c(Cl)c(C(=O)OC)sc3c2)nn1C. The van der Waals surface area contributed by atoms with Crippen LogP contribution >= 0.6 is 22.9 Å². The average molecular weight is 422 g/mol. The molecule has 28 heavy (non-hydrogen) atoms. The summed E-state index contributed by atoms with van der Waals surface area (Å²) in [5.74, 6) is -1.56. The van der Waals surface area contributed by atoms with Crippen LogP contribution in [0.5, 0.6) is 0 Å². The minimum atomic E-state index is -0.554. The molecule has 0 bridgehead atoms. The van der Waals surface area contributed by atoms with Crippen LogP contribution in [0.1, 0.15) is 37.6 Å². The molecule has 0 aliphatic carbocycles. The lowest BCUT2D eigenvalue weighted by molar-refractivity contribution is 0.0512. The number of fused-ring (bicyclic) bond motifs is 1. The van der Waals surface area contributed by atoms with Crippen molar-refractivity contribution < 1.29 is 23.9 Å². The van der Waals surface area contributed by atoms with Crippen molar-refractivity contribution in [2.45, 2.75) is 6.92 Å². The monoisotopic (exact) mass is 421 g/mol. The van der Waals surface area contributed by atoms with Crippen LogP contribution < -0.4 is 5.32 Å². The lowest BCUT2D eigenvalue weighted by Crippen LogP contribution is -2.12. The summed E-state index contributed by atoms with van der Waals surface area (Å²) < 4.78 is 11.7. The normalized spacial score (nSPS) is 10.7. The molecule has 1 amide bonds. The summed E-state index contributed by atoms with van der Waals surface area (Å²) in [6.45, 7) is 1.92. The Morgan fingerprint density at radius 1 is 1.25 bits per heavy atom. The van der Waals surface area contributed by atoms with Gasteiger partial charge in [0.2, 0.25) is 0 Å². The van der Waals surface area contributed by atoms with E-state index in [1.807, 2.05) is 0 Å². The van der Waals surface area contributed by atoms with E-state index in [1.165, 1.54) is 29.2 Å². The summed E-state index contributed by atoms with van der Waals surface area (Å²) in [6, 6.07) is 6.43. The number of halogens is 1. The Labute approximate surface area is 169 Å². The van der Waals surface area contributed by atoms with Gasteiger partial charge in [0.15, 0.2) is 5.69 Å². The van der Waals surface area contributed by atoms with E-state index in [2.05, 4.69) is 10.4 Å². The second kappa shape index (κ2) is 7.99. The maximum atomic E-state index is 12.5. The minimum absolute atomic E-state index is 0.0742. The fourth-order valence-electron chi connectivity index (χ4n) is 2.54. The van der Waals surface area contributed by atoms with E-state index in [4.69, 9.17) is 21.1 Å². The highest BCUT2D eigenvalue weighted by molar-refractivity contribution is 7.21. The van der Waals surface area contributed by atoms with E-state index < -0.39 is 17.8 Å². The van der Waals surface area contributed by atoms with E-state index in [0.717, 1.165) is 4.70 Å². The van der Waals surface area contributed by atoms with Gasteiger partial charge in [-0.2, -0.15) is 5.10 Å². The van der Waals surface area contributed by atoms with Gasteiger partial charge < -0.3 is 14.8 Å². The van der Waals surface area contributed by atoms with Crippen LogP contribution in [-0.4, -0.2) is 41.3 Å². The van der Waals surface area contributed by atoms with Gasteiger partial charge in [-0.15, -0.1) is 11.3 Å². The number of esters is 2. The molecular weight excluding hydrogens is 406 g/mol. The summed E-state index contributed by atoms with van der Waals surface area (Å²) >= 11 is 7.40. The van der Waals surface area contributed by atoms with Gasteiger partial charge >= 0.3 is 11.9 Å². The summed E-state index contributed by atoms with van der Waals surface area (Å²) in [5.41, 5.74) is 0.746. The fourth-order valence-corrected chi connectivity index (χ4v) is 4.00. The van der Waals surface area contributed by atoms with Crippen molar-refractivity contribution in [3.8, 4) is 0 Å². The molecule has 0 radical (unpaired) electrons. The maximum absolute atomic E-state index is 12.5. The molecule has 1 aromatic carbocycles. The molecule has 1 N–H and O–H groups in total. The molecule has 0 saturated heterocycles. The number of amides is 1. The van der Waals surface area contributed by atoms with Gasteiger partial charge in [0.25, 0.3) is 5.91 Å². The molecule has 2 aromatic heterocycles. The highest BCUT2D eigenvalue weighted by atomic mass is 35.5. The van der Waals surface area contributed by atoms with Crippen LogP contribution in [0.15, 0.2) is 24.3 Å². The molecule has 2 heterocycles. The van der Waals surface area contributed by atoms with Gasteiger partial charge in [0.05, 0.1) is 18.7 Å². The highest BCUT2D eigenvalue weighted by Gasteiger charge is 2.20. The van der Waals surface area contributed by atoms with Crippen molar-refractivity contribution in [1.29, 1.82) is 0 Å². The standard InChI is InChI=1S/C18H16ClN3O5S/c1-4-27-17(24)12-8-11(21-22(12)2)16(23)20-9-5-6-10-13(7-9)28-15(14(10)19)18(25)26-3/h5-8H,4H2,1-3H3,(H,20,23). The van der Waals surface area contributed by atoms with Crippen LogP contribution in [0, 0.1) is 0 Å². The summed E-state index contributed by atoms with van der Waals surface area (Å²) in [5, 5.41) is 7.76. The number of rotatable bonds is 5. The van der Waals surface area contributed by atoms with Crippen LogP contribution in [0.4, 0.5) is 5.69 Å². The fraction of sp³-hybridized carbons (Fsp3) is 0.222. The number of ether oxygens (including phenoxy) is 2. The molecule has 0 unspecified atom stereocenters. The van der Waals surface area contributed by atoms with Crippen LogP contribution in [-0.2, 0) is 16.5 Å². The van der Waals surface area contributed by atoms with Gasteiger partial charge in [0.1, 0.15) is 10.6 Å². The first kappa shape index (κ1) is 19.8. The number of benzene rings is 1. The third kappa shape index (κ3) is 3.71. The zero-order valence-corrected chi connectivity index (χ0v) is 16.8. The molecule has 3 rings (SSSR count). The first-order chi connectivity index (χ1) is 13.3. The number of nitrogens with one attached hydrogen (secondary N) is 1. The highest BCUT2D eigenvalue weighted by Crippen LogP contribution is 2.37. The first-order valence-electron chi connectivity index (χ1n) is 8.18. The van der Waals surface area contributed by atoms with Crippen molar-refractivity contribution in [2.24, 2.45) is 7.05 Å². The summed E-state index contributed by atoms with van der Waals surface area (Å²) in [4.78, 5) is 36.4.